The van der Waals surface area contributed by atoms with E-state index in [4.69, 9.17) is 4.74 Å². The molecular formula is C26H29N3O3. The number of hydrogen-bond acceptors (Lipinski definition) is 3. The summed E-state index contributed by atoms with van der Waals surface area (Å²) < 4.78 is 5.33. The minimum Gasteiger partial charge on any atom is -0.497 e. The molecule has 1 N–H and O–H groups in total. The standard InChI is InChI=1S/C26H29N3O3/c1-18-21-16-20(32-2)8-9-22(21)27-23(18)24(30)29-15-12-26(17-29)11-14-28(25(26)31)13-10-19-6-4-3-5-7-19/h3-9,16,27H,10-15,17H2,1-2H3. The number of ether oxygens (including phenoxy) is 1. The number of carbonyl (C=O) groups is 2. The van der Waals surface area contributed by atoms with Crippen LogP contribution in [-0.4, -0.2) is 59.9 Å². The number of aromatic nitrogens is 1. The van der Waals surface area contributed by atoms with Crippen molar-refractivity contribution in [3.8, 4) is 5.75 Å². The minimum atomic E-state index is -0.421. The predicted molar refractivity (Wildman–Crippen MR) is 124 cm³/mol. The second-order valence-corrected chi connectivity index (χ2v) is 9.07. The number of likely N-dealkylation sites (tertiary alicyclic amines) is 2. The minimum absolute atomic E-state index is 0.0231. The van der Waals surface area contributed by atoms with Crippen LogP contribution in [0.4, 0.5) is 0 Å². The number of H-pyrrole nitrogens is 1. The molecular weight excluding hydrogens is 402 g/mol. The number of nitrogens with one attached hydrogen (secondary N) is 1. The summed E-state index contributed by atoms with van der Waals surface area (Å²) in [6.45, 7) is 4.60. The van der Waals surface area contributed by atoms with Crippen LogP contribution in [0.15, 0.2) is 48.5 Å². The van der Waals surface area contributed by atoms with Crippen molar-refractivity contribution in [2.45, 2.75) is 26.2 Å². The highest BCUT2D eigenvalue weighted by atomic mass is 16.5. The monoisotopic (exact) mass is 431 g/mol. The van der Waals surface area contributed by atoms with Gasteiger partial charge in [-0.2, -0.15) is 0 Å². The van der Waals surface area contributed by atoms with Gasteiger partial charge in [0, 0.05) is 37.1 Å². The summed E-state index contributed by atoms with van der Waals surface area (Å²) in [6, 6.07) is 16.1. The number of rotatable bonds is 5. The molecule has 3 aromatic rings. The van der Waals surface area contributed by atoms with Crippen LogP contribution < -0.4 is 4.74 Å². The lowest BCUT2D eigenvalue weighted by molar-refractivity contribution is -0.135. The quantitative estimate of drug-likeness (QED) is 0.668. The van der Waals surface area contributed by atoms with Crippen molar-refractivity contribution in [1.82, 2.24) is 14.8 Å². The number of amides is 2. The van der Waals surface area contributed by atoms with Crippen LogP contribution in [0.5, 0.6) is 5.75 Å². The second-order valence-electron chi connectivity index (χ2n) is 9.07. The molecule has 0 radical (unpaired) electrons. The summed E-state index contributed by atoms with van der Waals surface area (Å²) in [4.78, 5) is 33.8. The van der Waals surface area contributed by atoms with Crippen LogP contribution in [0, 0.1) is 12.3 Å². The van der Waals surface area contributed by atoms with Crippen molar-refractivity contribution in [2.75, 3.05) is 33.3 Å². The number of carbonyl (C=O) groups excluding carboxylic acids is 2. The number of aryl methyl sites for hydroxylation is 1. The molecule has 2 amide bonds. The van der Waals surface area contributed by atoms with Crippen molar-refractivity contribution in [3.63, 3.8) is 0 Å². The van der Waals surface area contributed by atoms with Crippen LogP contribution in [0.1, 0.15) is 34.5 Å². The molecule has 32 heavy (non-hydrogen) atoms. The molecule has 0 saturated carbocycles. The molecule has 0 bridgehead atoms. The molecule has 3 heterocycles. The molecule has 166 valence electrons. The Balaban J connectivity index is 1.29. The summed E-state index contributed by atoms with van der Waals surface area (Å²) in [6.07, 6.45) is 2.43. The first-order valence-electron chi connectivity index (χ1n) is 11.3. The maximum Gasteiger partial charge on any atom is 0.270 e. The second kappa shape index (κ2) is 8.01. The number of nitrogens with zero attached hydrogens (tertiary/aromatic N) is 2. The molecule has 1 atom stereocenters. The topological polar surface area (TPSA) is 65.6 Å². The lowest BCUT2D eigenvalue weighted by Gasteiger charge is -2.23. The van der Waals surface area contributed by atoms with Gasteiger partial charge in [-0.25, -0.2) is 0 Å². The molecule has 1 unspecified atom stereocenters. The highest BCUT2D eigenvalue weighted by molar-refractivity contribution is 6.01. The highest BCUT2D eigenvalue weighted by Gasteiger charge is 2.51. The van der Waals surface area contributed by atoms with Gasteiger partial charge in [-0.15, -0.1) is 0 Å². The normalized spacial score (nSPS) is 20.6. The van der Waals surface area contributed by atoms with E-state index >= 15 is 0 Å². The molecule has 6 nitrogen and oxygen atoms in total. The van der Waals surface area contributed by atoms with E-state index in [9.17, 15) is 9.59 Å². The Bertz CT molecular complexity index is 1170. The van der Waals surface area contributed by atoms with Crippen LogP contribution in [0.2, 0.25) is 0 Å². The van der Waals surface area contributed by atoms with Gasteiger partial charge in [0.1, 0.15) is 11.4 Å². The zero-order valence-electron chi connectivity index (χ0n) is 18.7. The first kappa shape index (κ1) is 20.6. The molecule has 1 aromatic heterocycles. The van der Waals surface area contributed by atoms with Gasteiger partial charge in [-0.05, 0) is 55.5 Å². The number of fused-ring (bicyclic) bond motifs is 1. The van der Waals surface area contributed by atoms with Gasteiger partial charge in [0.05, 0.1) is 12.5 Å². The van der Waals surface area contributed by atoms with Crippen LogP contribution in [0.3, 0.4) is 0 Å². The number of benzene rings is 2. The van der Waals surface area contributed by atoms with Crippen molar-refractivity contribution >= 4 is 22.7 Å². The molecule has 2 fully saturated rings. The Labute approximate surface area is 188 Å². The van der Waals surface area contributed by atoms with E-state index in [-0.39, 0.29) is 11.8 Å². The number of hydrogen-bond donors (Lipinski definition) is 1. The molecule has 1 spiro atoms. The van der Waals surface area contributed by atoms with Crippen LogP contribution >= 0.6 is 0 Å². The van der Waals surface area contributed by atoms with E-state index in [1.54, 1.807) is 7.11 Å². The Kier molecular flexibility index (Phi) is 5.16. The van der Waals surface area contributed by atoms with Crippen molar-refractivity contribution in [1.29, 1.82) is 0 Å². The third kappa shape index (κ3) is 3.44. The predicted octanol–water partition coefficient (Wildman–Crippen LogP) is 3.79. The molecule has 5 rings (SSSR count). The summed E-state index contributed by atoms with van der Waals surface area (Å²) in [5.74, 6) is 0.956. The Morgan fingerprint density at radius 1 is 1.12 bits per heavy atom. The van der Waals surface area contributed by atoms with E-state index in [2.05, 4.69) is 17.1 Å². The molecule has 2 aliphatic heterocycles. The average Bonchev–Trinajstić information content (AvgIpc) is 3.50. The van der Waals surface area contributed by atoms with E-state index in [1.165, 1.54) is 5.56 Å². The van der Waals surface area contributed by atoms with Gasteiger partial charge in [-0.3, -0.25) is 9.59 Å². The van der Waals surface area contributed by atoms with Gasteiger partial charge in [0.25, 0.3) is 5.91 Å². The van der Waals surface area contributed by atoms with Crippen molar-refractivity contribution in [2.24, 2.45) is 5.41 Å². The fraction of sp³-hybridized carbons (Fsp3) is 0.385. The van der Waals surface area contributed by atoms with Crippen LogP contribution in [-0.2, 0) is 11.2 Å². The summed E-state index contributed by atoms with van der Waals surface area (Å²) in [7, 11) is 1.64. The van der Waals surface area contributed by atoms with Crippen molar-refractivity contribution < 1.29 is 14.3 Å². The lowest BCUT2D eigenvalue weighted by Crippen LogP contribution is -2.39. The van der Waals surface area contributed by atoms with Crippen molar-refractivity contribution in [3.05, 3.63) is 65.4 Å². The van der Waals surface area contributed by atoms with E-state index in [0.29, 0.717) is 18.8 Å². The Morgan fingerprint density at radius 2 is 1.91 bits per heavy atom. The molecule has 2 aromatic carbocycles. The number of methoxy groups -OCH3 is 1. The molecule has 2 aliphatic rings. The van der Waals surface area contributed by atoms with E-state index in [0.717, 1.165) is 54.6 Å². The largest absolute Gasteiger partial charge is 0.497 e. The third-order valence-corrected chi connectivity index (χ3v) is 7.23. The van der Waals surface area contributed by atoms with E-state index in [1.807, 2.05) is 53.1 Å². The summed E-state index contributed by atoms with van der Waals surface area (Å²) in [5.41, 5.74) is 3.28. The average molecular weight is 432 g/mol. The zero-order valence-corrected chi connectivity index (χ0v) is 18.7. The third-order valence-electron chi connectivity index (χ3n) is 7.23. The smallest absolute Gasteiger partial charge is 0.270 e. The first-order valence-corrected chi connectivity index (χ1v) is 11.3. The van der Waals surface area contributed by atoms with Crippen LogP contribution in [0.25, 0.3) is 10.9 Å². The Morgan fingerprint density at radius 3 is 2.69 bits per heavy atom. The van der Waals surface area contributed by atoms with Gasteiger partial charge < -0.3 is 19.5 Å². The Hall–Kier alpha value is -3.28. The fourth-order valence-corrected chi connectivity index (χ4v) is 5.24. The van der Waals surface area contributed by atoms with E-state index < -0.39 is 5.41 Å². The maximum atomic E-state index is 13.4. The maximum absolute atomic E-state index is 13.4. The van der Waals surface area contributed by atoms with Gasteiger partial charge in [-0.1, -0.05) is 30.3 Å². The first-order chi connectivity index (χ1) is 15.5. The SMILES string of the molecule is COc1ccc2[nH]c(C(=O)N3CCC4(CCN(CCc5ccccc5)C4=O)C3)c(C)c2c1. The lowest BCUT2D eigenvalue weighted by atomic mass is 9.85. The van der Waals surface area contributed by atoms with Gasteiger partial charge >= 0.3 is 0 Å². The number of aromatic amines is 1. The molecule has 6 heteroatoms. The molecule has 2 saturated heterocycles. The highest BCUT2D eigenvalue weighted by Crippen LogP contribution is 2.41. The van der Waals surface area contributed by atoms with Gasteiger partial charge in [0.15, 0.2) is 0 Å². The summed E-state index contributed by atoms with van der Waals surface area (Å²) >= 11 is 0. The zero-order chi connectivity index (χ0) is 22.3. The van der Waals surface area contributed by atoms with Gasteiger partial charge in [0.2, 0.25) is 5.91 Å². The fourth-order valence-electron chi connectivity index (χ4n) is 5.24. The summed E-state index contributed by atoms with van der Waals surface area (Å²) in [5, 5.41) is 0.991. The molecule has 0 aliphatic carbocycles.